The number of amides is 1. The number of benzene rings is 3. The molecule has 0 saturated carbocycles. The van der Waals surface area contributed by atoms with Gasteiger partial charge in [0.05, 0.1) is 21.3 Å². The zero-order valence-corrected chi connectivity index (χ0v) is 16.8. The first-order valence-electron chi connectivity index (χ1n) is 8.61. The number of nitrogens with one attached hydrogen (secondary N) is 2. The predicted octanol–water partition coefficient (Wildman–Crippen LogP) is 4.26. The summed E-state index contributed by atoms with van der Waals surface area (Å²) in [6.07, 6.45) is 0. The monoisotopic (exact) mass is 448 g/mol. The van der Waals surface area contributed by atoms with Crippen molar-refractivity contribution in [3.8, 4) is 11.5 Å². The number of ether oxygens (including phenoxy) is 2. The first-order valence-corrected chi connectivity index (χ1v) is 10.5. The number of carbonyl (C=O) groups is 1. The van der Waals surface area contributed by atoms with E-state index in [0.717, 1.165) is 12.1 Å². The van der Waals surface area contributed by atoms with Crippen molar-refractivity contribution in [2.45, 2.75) is 4.90 Å². The highest BCUT2D eigenvalue weighted by Gasteiger charge is 2.19. The fourth-order valence-electron chi connectivity index (χ4n) is 2.76. The van der Waals surface area contributed by atoms with Gasteiger partial charge >= 0.3 is 0 Å². The molecule has 2 N–H and O–H groups in total. The Bertz CT molecular complexity index is 1250. The second-order valence-corrected chi connectivity index (χ2v) is 8.37. The van der Waals surface area contributed by atoms with Gasteiger partial charge in [-0.25, -0.2) is 12.8 Å². The Balaban J connectivity index is 1.55. The second kappa shape index (κ2) is 7.85. The Hall–Kier alpha value is -3.30. The molecule has 0 radical (unpaired) electrons. The van der Waals surface area contributed by atoms with Gasteiger partial charge in [-0.05, 0) is 48.5 Å². The van der Waals surface area contributed by atoms with E-state index in [1.54, 1.807) is 6.07 Å². The molecule has 1 aliphatic heterocycles. The molecule has 4 rings (SSSR count). The van der Waals surface area contributed by atoms with Crippen LogP contribution < -0.4 is 19.5 Å². The van der Waals surface area contributed by atoms with Gasteiger partial charge in [-0.1, -0.05) is 17.7 Å². The zero-order valence-electron chi connectivity index (χ0n) is 15.2. The van der Waals surface area contributed by atoms with E-state index in [-0.39, 0.29) is 33.6 Å². The average molecular weight is 449 g/mol. The summed E-state index contributed by atoms with van der Waals surface area (Å²) in [4.78, 5) is 12.4. The van der Waals surface area contributed by atoms with Gasteiger partial charge in [-0.2, -0.15) is 0 Å². The molecule has 0 aliphatic carbocycles. The summed E-state index contributed by atoms with van der Waals surface area (Å²) in [6, 6.07) is 13.6. The molecule has 30 heavy (non-hydrogen) atoms. The first-order chi connectivity index (χ1) is 14.3. The van der Waals surface area contributed by atoms with Gasteiger partial charge in [0.2, 0.25) is 6.79 Å². The minimum absolute atomic E-state index is 0.0246. The fourth-order valence-corrected chi connectivity index (χ4v) is 4.07. The minimum Gasteiger partial charge on any atom is -0.454 e. The van der Waals surface area contributed by atoms with Crippen molar-refractivity contribution in [2.24, 2.45) is 0 Å². The van der Waals surface area contributed by atoms with Crippen molar-refractivity contribution in [1.82, 2.24) is 0 Å². The Morgan fingerprint density at radius 3 is 2.60 bits per heavy atom. The van der Waals surface area contributed by atoms with Gasteiger partial charge < -0.3 is 14.8 Å². The molecular weight excluding hydrogens is 435 g/mol. The molecule has 3 aromatic rings. The smallest absolute Gasteiger partial charge is 0.261 e. The predicted molar refractivity (Wildman–Crippen MR) is 109 cm³/mol. The van der Waals surface area contributed by atoms with E-state index < -0.39 is 21.7 Å². The summed E-state index contributed by atoms with van der Waals surface area (Å²) in [7, 11) is -3.98. The lowest BCUT2D eigenvalue weighted by Gasteiger charge is -2.11. The van der Waals surface area contributed by atoms with Gasteiger partial charge in [0, 0.05) is 11.6 Å². The van der Waals surface area contributed by atoms with Crippen LogP contribution in [0.2, 0.25) is 5.02 Å². The van der Waals surface area contributed by atoms with Crippen molar-refractivity contribution < 1.29 is 27.1 Å². The quantitative estimate of drug-likeness (QED) is 0.608. The molecule has 0 aromatic heterocycles. The maximum Gasteiger partial charge on any atom is 0.261 e. The molecule has 154 valence electrons. The number of halogens is 2. The number of anilines is 2. The number of fused-ring (bicyclic) bond motifs is 1. The molecule has 0 bridgehead atoms. The highest BCUT2D eigenvalue weighted by Crippen LogP contribution is 2.35. The van der Waals surface area contributed by atoms with E-state index in [1.807, 2.05) is 0 Å². The minimum atomic E-state index is -3.98. The average Bonchev–Trinajstić information content (AvgIpc) is 3.17. The summed E-state index contributed by atoms with van der Waals surface area (Å²) in [5, 5.41) is 2.55. The maximum atomic E-state index is 13.2. The summed E-state index contributed by atoms with van der Waals surface area (Å²) in [6.45, 7) is 0.0702. The van der Waals surface area contributed by atoms with Gasteiger partial charge in [0.1, 0.15) is 5.82 Å². The molecule has 10 heteroatoms. The highest BCUT2D eigenvalue weighted by atomic mass is 35.5. The van der Waals surface area contributed by atoms with Crippen LogP contribution in [0.3, 0.4) is 0 Å². The summed E-state index contributed by atoms with van der Waals surface area (Å²) in [5.41, 5.74) is 0.575. The third kappa shape index (κ3) is 4.17. The van der Waals surface area contributed by atoms with Gasteiger partial charge in [0.15, 0.2) is 11.5 Å². The molecular formula is C20H14ClFN2O5S. The van der Waals surface area contributed by atoms with Gasteiger partial charge in [-0.3, -0.25) is 9.52 Å². The number of rotatable bonds is 5. The van der Waals surface area contributed by atoms with Crippen molar-refractivity contribution in [1.29, 1.82) is 0 Å². The summed E-state index contributed by atoms with van der Waals surface area (Å²) >= 11 is 5.92. The molecule has 0 unspecified atom stereocenters. The van der Waals surface area contributed by atoms with Crippen LogP contribution in [0, 0.1) is 5.82 Å². The normalized spacial score (nSPS) is 12.5. The SMILES string of the molecule is O=C(Nc1ccc(F)cc1Cl)c1cccc(S(=O)(=O)Nc2ccc3c(c2)OCO3)c1. The number of carbonyl (C=O) groups excluding carboxylic acids is 1. The summed E-state index contributed by atoms with van der Waals surface area (Å²) < 4.78 is 51.5. The third-order valence-corrected chi connectivity index (χ3v) is 5.90. The van der Waals surface area contributed by atoms with E-state index in [2.05, 4.69) is 10.0 Å². The first kappa shape index (κ1) is 20.0. The van der Waals surface area contributed by atoms with Crippen LogP contribution >= 0.6 is 11.6 Å². The molecule has 0 fully saturated rings. The Labute approximate surface area is 176 Å². The molecule has 1 aliphatic rings. The van der Waals surface area contributed by atoms with Crippen LogP contribution in [-0.4, -0.2) is 21.1 Å². The van der Waals surface area contributed by atoms with Crippen molar-refractivity contribution >= 4 is 38.9 Å². The lowest BCUT2D eigenvalue weighted by Crippen LogP contribution is -2.16. The lowest BCUT2D eigenvalue weighted by molar-refractivity contribution is 0.102. The van der Waals surface area contributed by atoms with Crippen molar-refractivity contribution in [3.63, 3.8) is 0 Å². The standard InChI is InChI=1S/C20H14ClFN2O5S/c21-16-9-13(22)4-6-17(16)23-20(25)12-2-1-3-15(8-12)30(26,27)24-14-5-7-18-19(10-14)29-11-28-18/h1-10,24H,11H2,(H,23,25). The lowest BCUT2D eigenvalue weighted by atomic mass is 10.2. The van der Waals surface area contributed by atoms with Crippen LogP contribution in [0.1, 0.15) is 10.4 Å². The molecule has 1 amide bonds. The molecule has 3 aromatic carbocycles. The van der Waals surface area contributed by atoms with Crippen LogP contribution in [0.4, 0.5) is 15.8 Å². The fraction of sp³-hybridized carbons (Fsp3) is 0.0500. The molecule has 0 spiro atoms. The van der Waals surface area contributed by atoms with E-state index in [1.165, 1.54) is 42.5 Å². The van der Waals surface area contributed by atoms with E-state index in [0.29, 0.717) is 11.5 Å². The van der Waals surface area contributed by atoms with E-state index >= 15 is 0 Å². The van der Waals surface area contributed by atoms with Crippen molar-refractivity contribution in [3.05, 3.63) is 77.1 Å². The van der Waals surface area contributed by atoms with Crippen LogP contribution in [0.25, 0.3) is 0 Å². The highest BCUT2D eigenvalue weighted by molar-refractivity contribution is 7.92. The number of sulfonamides is 1. The number of hydrogen-bond acceptors (Lipinski definition) is 5. The molecule has 0 saturated heterocycles. The molecule has 1 heterocycles. The van der Waals surface area contributed by atoms with E-state index in [9.17, 15) is 17.6 Å². The van der Waals surface area contributed by atoms with Crippen molar-refractivity contribution in [2.75, 3.05) is 16.8 Å². The molecule has 7 nitrogen and oxygen atoms in total. The Kier molecular flexibility index (Phi) is 5.23. The topological polar surface area (TPSA) is 93.7 Å². The molecule has 0 atom stereocenters. The van der Waals surface area contributed by atoms with E-state index in [4.69, 9.17) is 21.1 Å². The zero-order chi connectivity index (χ0) is 21.3. The Morgan fingerprint density at radius 1 is 1.00 bits per heavy atom. The largest absolute Gasteiger partial charge is 0.454 e. The van der Waals surface area contributed by atoms with Gasteiger partial charge in [0.25, 0.3) is 15.9 Å². The van der Waals surface area contributed by atoms with Crippen LogP contribution in [0.15, 0.2) is 65.6 Å². The van der Waals surface area contributed by atoms with Gasteiger partial charge in [-0.15, -0.1) is 0 Å². The van der Waals surface area contributed by atoms with Crippen LogP contribution in [-0.2, 0) is 10.0 Å². The maximum absolute atomic E-state index is 13.2. The Morgan fingerprint density at radius 2 is 1.80 bits per heavy atom. The second-order valence-electron chi connectivity index (χ2n) is 6.28. The number of hydrogen-bond donors (Lipinski definition) is 2. The third-order valence-electron chi connectivity index (χ3n) is 4.21. The van der Waals surface area contributed by atoms with Crippen LogP contribution in [0.5, 0.6) is 11.5 Å². The summed E-state index contributed by atoms with van der Waals surface area (Å²) in [5.74, 6) is -0.181.